The maximum Gasteiger partial charge on any atom is 0.225 e. The van der Waals surface area contributed by atoms with Crippen LogP contribution in [0, 0.1) is 13.8 Å². The molecule has 0 fully saturated rings. The summed E-state index contributed by atoms with van der Waals surface area (Å²) in [7, 11) is 0. The summed E-state index contributed by atoms with van der Waals surface area (Å²) in [5.41, 5.74) is 2.79. The minimum atomic E-state index is -0.0326. The Balaban J connectivity index is 1.79. The fourth-order valence-electron chi connectivity index (χ4n) is 2.66. The predicted octanol–water partition coefficient (Wildman–Crippen LogP) is 3.39. The number of hydrogen-bond acceptors (Lipinski definition) is 5. The molecule has 0 aliphatic rings. The summed E-state index contributed by atoms with van der Waals surface area (Å²) in [5, 5.41) is 2.78. The average Bonchev–Trinajstić information content (AvgIpc) is 3.09. The Bertz CT molecular complexity index is 835. The largest absolute Gasteiger partial charge is 0.469 e. The Kier molecular flexibility index (Phi) is 3.94. The molecule has 3 heterocycles. The molecule has 3 aromatic heterocycles. The summed E-state index contributed by atoms with van der Waals surface area (Å²) in [6.45, 7) is 6.88. The van der Waals surface area contributed by atoms with E-state index in [1.54, 1.807) is 0 Å². The highest BCUT2D eigenvalue weighted by molar-refractivity contribution is 7.16. The average molecular weight is 315 g/mol. The van der Waals surface area contributed by atoms with Gasteiger partial charge in [0, 0.05) is 23.5 Å². The van der Waals surface area contributed by atoms with E-state index < -0.39 is 0 Å². The number of Topliss-reactive ketones (excluding diaryl/α,β-unsaturated/α-hetero) is 1. The number of carbonyl (C=O) groups excluding carboxylic acids is 1. The molecule has 5 nitrogen and oxygen atoms in total. The summed E-state index contributed by atoms with van der Waals surface area (Å²) in [5.74, 6) is 0.429. The molecule has 0 amide bonds. The summed E-state index contributed by atoms with van der Waals surface area (Å²) in [6, 6.07) is 3.83. The van der Waals surface area contributed by atoms with Gasteiger partial charge in [0.1, 0.15) is 11.2 Å². The van der Waals surface area contributed by atoms with Gasteiger partial charge in [0.2, 0.25) is 11.7 Å². The van der Waals surface area contributed by atoms with Gasteiger partial charge in [0.15, 0.2) is 6.61 Å². The van der Waals surface area contributed by atoms with Crippen LogP contribution < -0.4 is 4.74 Å². The first kappa shape index (κ1) is 14.7. The third-order valence-electron chi connectivity index (χ3n) is 3.76. The molecule has 0 saturated carbocycles. The van der Waals surface area contributed by atoms with Crippen molar-refractivity contribution in [3.8, 4) is 5.88 Å². The minimum Gasteiger partial charge on any atom is -0.469 e. The van der Waals surface area contributed by atoms with Crippen molar-refractivity contribution in [3.63, 3.8) is 0 Å². The number of nitrogens with zero attached hydrogens (tertiary/aromatic N) is 3. The highest BCUT2D eigenvalue weighted by Crippen LogP contribution is 2.25. The maximum atomic E-state index is 12.4. The van der Waals surface area contributed by atoms with Gasteiger partial charge in [-0.2, -0.15) is 0 Å². The van der Waals surface area contributed by atoms with Gasteiger partial charge >= 0.3 is 0 Å². The van der Waals surface area contributed by atoms with Crippen LogP contribution >= 0.6 is 11.3 Å². The molecule has 3 aromatic rings. The highest BCUT2D eigenvalue weighted by atomic mass is 32.1. The van der Waals surface area contributed by atoms with Crippen molar-refractivity contribution in [3.05, 3.63) is 40.8 Å². The number of fused-ring (bicyclic) bond motifs is 1. The third kappa shape index (κ3) is 2.50. The molecular formula is C16H17N3O2S. The second kappa shape index (κ2) is 5.88. The minimum absolute atomic E-state index is 0.0179. The zero-order valence-corrected chi connectivity index (χ0v) is 13.6. The first-order valence-corrected chi connectivity index (χ1v) is 8.00. The topological polar surface area (TPSA) is 57.0 Å². The second-order valence-electron chi connectivity index (χ2n) is 5.06. The number of rotatable bonds is 5. The molecule has 0 aliphatic carbocycles. The lowest BCUT2D eigenvalue weighted by Gasteiger charge is -2.07. The molecule has 0 radical (unpaired) electrons. The van der Waals surface area contributed by atoms with Crippen LogP contribution in [0.1, 0.15) is 28.7 Å². The fourth-order valence-corrected chi connectivity index (χ4v) is 3.39. The number of aromatic nitrogens is 3. The lowest BCUT2D eigenvalue weighted by molar-refractivity contribution is 0.0918. The zero-order valence-electron chi connectivity index (χ0n) is 12.8. The quantitative estimate of drug-likeness (QED) is 0.677. The van der Waals surface area contributed by atoms with E-state index in [-0.39, 0.29) is 12.4 Å². The van der Waals surface area contributed by atoms with Crippen molar-refractivity contribution in [2.45, 2.75) is 27.3 Å². The monoisotopic (exact) mass is 315 g/mol. The van der Waals surface area contributed by atoms with Crippen molar-refractivity contribution in [1.82, 2.24) is 14.5 Å². The molecule has 3 rings (SSSR count). The third-order valence-corrected chi connectivity index (χ3v) is 4.58. The van der Waals surface area contributed by atoms with Crippen LogP contribution in [0.25, 0.3) is 10.2 Å². The smallest absolute Gasteiger partial charge is 0.225 e. The molecule has 0 saturated heterocycles. The van der Waals surface area contributed by atoms with Crippen LogP contribution in [-0.2, 0) is 6.54 Å². The second-order valence-corrected chi connectivity index (χ2v) is 5.95. The normalized spacial score (nSPS) is 11.0. The van der Waals surface area contributed by atoms with Gasteiger partial charge in [-0.25, -0.2) is 9.97 Å². The Morgan fingerprint density at radius 3 is 2.91 bits per heavy atom. The highest BCUT2D eigenvalue weighted by Gasteiger charge is 2.16. The lowest BCUT2D eigenvalue weighted by atomic mass is 10.1. The summed E-state index contributed by atoms with van der Waals surface area (Å²) in [4.78, 5) is 21.6. The number of carbonyl (C=O) groups is 1. The fraction of sp³-hybridized carbons (Fsp3) is 0.312. The molecule has 6 heteroatoms. The molecule has 0 bridgehead atoms. The predicted molar refractivity (Wildman–Crippen MR) is 86.8 cm³/mol. The molecule has 0 spiro atoms. The van der Waals surface area contributed by atoms with Crippen LogP contribution in [0.2, 0.25) is 0 Å². The molecule has 0 atom stereocenters. The van der Waals surface area contributed by atoms with Crippen LogP contribution in [0.4, 0.5) is 0 Å². The number of ether oxygens (including phenoxy) is 1. The molecule has 22 heavy (non-hydrogen) atoms. The molecule has 0 unspecified atom stereocenters. The van der Waals surface area contributed by atoms with Gasteiger partial charge < -0.3 is 9.30 Å². The van der Waals surface area contributed by atoms with Crippen LogP contribution in [0.3, 0.4) is 0 Å². The molecule has 114 valence electrons. The Morgan fingerprint density at radius 2 is 2.18 bits per heavy atom. The number of hydrogen-bond donors (Lipinski definition) is 0. The van der Waals surface area contributed by atoms with E-state index in [0.717, 1.165) is 33.7 Å². The Hall–Kier alpha value is -2.21. The van der Waals surface area contributed by atoms with E-state index in [1.807, 2.05) is 31.4 Å². The Morgan fingerprint density at radius 1 is 1.36 bits per heavy atom. The molecule has 0 aromatic carbocycles. The zero-order chi connectivity index (χ0) is 15.7. The Labute approximate surface area is 132 Å². The van der Waals surface area contributed by atoms with Crippen molar-refractivity contribution in [1.29, 1.82) is 0 Å². The van der Waals surface area contributed by atoms with Gasteiger partial charge in [-0.05, 0) is 38.3 Å². The van der Waals surface area contributed by atoms with Gasteiger partial charge in [0.25, 0.3) is 0 Å². The van der Waals surface area contributed by atoms with Gasteiger partial charge in [-0.1, -0.05) is 0 Å². The van der Waals surface area contributed by atoms with E-state index in [0.29, 0.717) is 5.88 Å². The lowest BCUT2D eigenvalue weighted by Crippen LogP contribution is -2.13. The van der Waals surface area contributed by atoms with Crippen molar-refractivity contribution in [2.24, 2.45) is 0 Å². The van der Waals surface area contributed by atoms with E-state index in [1.165, 1.54) is 17.7 Å². The van der Waals surface area contributed by atoms with Crippen LogP contribution in [0.5, 0.6) is 5.88 Å². The number of aryl methyl sites for hydroxylation is 1. The number of ketones is 1. The van der Waals surface area contributed by atoms with Crippen molar-refractivity contribution < 1.29 is 9.53 Å². The first-order valence-electron chi connectivity index (χ1n) is 7.12. The van der Waals surface area contributed by atoms with Crippen molar-refractivity contribution >= 4 is 27.3 Å². The molecule has 0 aliphatic heterocycles. The first-order chi connectivity index (χ1) is 10.6. The van der Waals surface area contributed by atoms with E-state index >= 15 is 0 Å². The maximum absolute atomic E-state index is 12.4. The van der Waals surface area contributed by atoms with Gasteiger partial charge in [0.05, 0.1) is 5.39 Å². The standard InChI is InChI=1S/C16H17N3O2S/c1-4-19-10(2)7-13(11(19)3)14(20)8-21-15-12-5-6-22-16(12)18-9-17-15/h5-7,9H,4,8H2,1-3H3. The summed E-state index contributed by atoms with van der Waals surface area (Å²) < 4.78 is 7.75. The SMILES string of the molecule is CCn1c(C)cc(C(=O)COc2ncnc3sccc23)c1C. The summed E-state index contributed by atoms with van der Waals surface area (Å²) in [6.07, 6.45) is 1.46. The van der Waals surface area contributed by atoms with Crippen molar-refractivity contribution in [2.75, 3.05) is 6.61 Å². The van der Waals surface area contributed by atoms with E-state index in [9.17, 15) is 4.79 Å². The molecular weight excluding hydrogens is 298 g/mol. The van der Waals surface area contributed by atoms with E-state index in [2.05, 4.69) is 21.5 Å². The number of thiophene rings is 1. The van der Waals surface area contributed by atoms with Gasteiger partial charge in [-0.3, -0.25) is 4.79 Å². The van der Waals surface area contributed by atoms with Crippen LogP contribution in [0.15, 0.2) is 23.8 Å². The molecule has 0 N–H and O–H groups in total. The summed E-state index contributed by atoms with van der Waals surface area (Å²) >= 11 is 1.52. The van der Waals surface area contributed by atoms with Crippen LogP contribution in [-0.4, -0.2) is 26.9 Å². The van der Waals surface area contributed by atoms with E-state index in [4.69, 9.17) is 4.74 Å². The van der Waals surface area contributed by atoms with Gasteiger partial charge in [-0.15, -0.1) is 11.3 Å².